The van der Waals surface area contributed by atoms with Gasteiger partial charge in [-0.15, -0.1) is 0 Å². The van der Waals surface area contributed by atoms with E-state index in [1.165, 1.54) is 0 Å². The highest BCUT2D eigenvalue weighted by Crippen LogP contribution is 2.48. The second kappa shape index (κ2) is 3.53. The van der Waals surface area contributed by atoms with Gasteiger partial charge in [-0.25, -0.2) is 0 Å². The number of phenols is 1. The van der Waals surface area contributed by atoms with Gasteiger partial charge in [0.2, 0.25) is 0 Å². The van der Waals surface area contributed by atoms with Gasteiger partial charge in [0.15, 0.2) is 0 Å². The van der Waals surface area contributed by atoms with Crippen molar-refractivity contribution in [2.75, 3.05) is 0 Å². The quantitative estimate of drug-likeness (QED) is 0.795. The first kappa shape index (κ1) is 10.5. The fraction of sp³-hybridized carbons (Fsp3) is 0.538. The molecule has 2 nitrogen and oxygen atoms in total. The lowest BCUT2D eigenvalue weighted by Gasteiger charge is -2.14. The summed E-state index contributed by atoms with van der Waals surface area (Å²) in [6, 6.07) is 7.48. The molecule has 0 radical (unpaired) electrons. The molecule has 1 fully saturated rings. The molecule has 2 unspecified atom stereocenters. The van der Waals surface area contributed by atoms with Crippen molar-refractivity contribution in [3.05, 3.63) is 29.8 Å². The van der Waals surface area contributed by atoms with Gasteiger partial charge >= 0.3 is 0 Å². The summed E-state index contributed by atoms with van der Waals surface area (Å²) in [6.45, 7) is 4.42. The summed E-state index contributed by atoms with van der Waals surface area (Å²) < 4.78 is 0. The largest absolute Gasteiger partial charge is 0.508 e. The summed E-state index contributed by atoms with van der Waals surface area (Å²) >= 11 is 0. The third-order valence-corrected chi connectivity index (χ3v) is 3.49. The zero-order chi connectivity index (χ0) is 11.1. The fourth-order valence-corrected chi connectivity index (χ4v) is 2.47. The van der Waals surface area contributed by atoms with E-state index in [4.69, 9.17) is 5.73 Å². The van der Waals surface area contributed by atoms with Crippen molar-refractivity contribution in [3.63, 3.8) is 0 Å². The minimum atomic E-state index is -0.0764. The van der Waals surface area contributed by atoms with Gasteiger partial charge in [0, 0.05) is 5.54 Å². The van der Waals surface area contributed by atoms with Gasteiger partial charge in [-0.1, -0.05) is 32.0 Å². The first-order chi connectivity index (χ1) is 7.03. The normalized spacial score (nSPS) is 29.5. The van der Waals surface area contributed by atoms with Gasteiger partial charge in [-0.2, -0.15) is 0 Å². The number of benzene rings is 1. The standard InChI is InChI=1S/C13H19NO/c1-9(2)11-8-13(11,14)7-10-5-3-4-6-12(10)15/h3-6,9,11,15H,7-8,14H2,1-2H3. The van der Waals surface area contributed by atoms with Crippen LogP contribution in [0.2, 0.25) is 0 Å². The molecule has 0 aliphatic heterocycles. The molecule has 1 aliphatic rings. The van der Waals surface area contributed by atoms with E-state index in [1.54, 1.807) is 6.07 Å². The Kier molecular flexibility index (Phi) is 2.47. The van der Waals surface area contributed by atoms with Crippen molar-refractivity contribution in [1.82, 2.24) is 0 Å². The molecule has 15 heavy (non-hydrogen) atoms. The smallest absolute Gasteiger partial charge is 0.118 e. The number of hydrogen-bond donors (Lipinski definition) is 2. The SMILES string of the molecule is CC(C)C1CC1(N)Cc1ccccc1O. The number of rotatable bonds is 3. The average molecular weight is 205 g/mol. The molecule has 3 N–H and O–H groups in total. The highest BCUT2D eigenvalue weighted by molar-refractivity contribution is 5.35. The van der Waals surface area contributed by atoms with Crippen LogP contribution in [-0.2, 0) is 6.42 Å². The Balaban J connectivity index is 2.08. The van der Waals surface area contributed by atoms with Gasteiger partial charge < -0.3 is 10.8 Å². The first-order valence-corrected chi connectivity index (χ1v) is 5.59. The van der Waals surface area contributed by atoms with Crippen molar-refractivity contribution < 1.29 is 5.11 Å². The van der Waals surface area contributed by atoms with E-state index in [9.17, 15) is 5.11 Å². The Labute approximate surface area is 91.1 Å². The number of para-hydroxylation sites is 1. The summed E-state index contributed by atoms with van der Waals surface area (Å²) in [5.41, 5.74) is 7.18. The van der Waals surface area contributed by atoms with Crippen LogP contribution in [0.25, 0.3) is 0 Å². The number of phenolic OH excluding ortho intramolecular Hbond substituents is 1. The molecular weight excluding hydrogens is 186 g/mol. The molecule has 82 valence electrons. The van der Waals surface area contributed by atoms with E-state index in [0.717, 1.165) is 18.4 Å². The van der Waals surface area contributed by atoms with E-state index >= 15 is 0 Å². The van der Waals surface area contributed by atoms with Crippen LogP contribution in [0.5, 0.6) is 5.75 Å². The second-order valence-corrected chi connectivity index (χ2v) is 5.09. The Morgan fingerprint density at radius 1 is 1.47 bits per heavy atom. The monoisotopic (exact) mass is 205 g/mol. The van der Waals surface area contributed by atoms with Crippen molar-refractivity contribution in [2.45, 2.75) is 32.2 Å². The van der Waals surface area contributed by atoms with E-state index in [2.05, 4.69) is 13.8 Å². The molecule has 0 heterocycles. The van der Waals surface area contributed by atoms with Crippen molar-refractivity contribution in [2.24, 2.45) is 17.6 Å². The van der Waals surface area contributed by atoms with Gasteiger partial charge in [-0.05, 0) is 36.3 Å². The van der Waals surface area contributed by atoms with E-state index in [0.29, 0.717) is 17.6 Å². The predicted molar refractivity (Wildman–Crippen MR) is 61.7 cm³/mol. The van der Waals surface area contributed by atoms with Gasteiger partial charge in [0.25, 0.3) is 0 Å². The summed E-state index contributed by atoms with van der Waals surface area (Å²) in [4.78, 5) is 0. The van der Waals surface area contributed by atoms with Gasteiger partial charge in [-0.3, -0.25) is 0 Å². The topological polar surface area (TPSA) is 46.2 Å². The van der Waals surface area contributed by atoms with Crippen LogP contribution in [-0.4, -0.2) is 10.6 Å². The molecule has 2 atom stereocenters. The number of nitrogens with two attached hydrogens (primary N) is 1. The van der Waals surface area contributed by atoms with Crippen molar-refractivity contribution in [1.29, 1.82) is 0 Å². The lowest BCUT2D eigenvalue weighted by atomic mass is 9.97. The molecule has 0 amide bonds. The van der Waals surface area contributed by atoms with E-state index in [1.807, 2.05) is 18.2 Å². The van der Waals surface area contributed by atoms with Crippen LogP contribution >= 0.6 is 0 Å². The second-order valence-electron chi connectivity index (χ2n) is 5.09. The Morgan fingerprint density at radius 2 is 2.13 bits per heavy atom. The summed E-state index contributed by atoms with van der Waals surface area (Å²) in [6.07, 6.45) is 1.88. The lowest BCUT2D eigenvalue weighted by molar-refractivity contribution is 0.447. The molecule has 2 rings (SSSR count). The van der Waals surface area contributed by atoms with Crippen LogP contribution in [0.1, 0.15) is 25.8 Å². The summed E-state index contributed by atoms with van der Waals surface area (Å²) in [5, 5.41) is 9.67. The molecule has 2 heteroatoms. The molecule has 0 bridgehead atoms. The van der Waals surface area contributed by atoms with Crippen LogP contribution in [0.15, 0.2) is 24.3 Å². The molecule has 1 aliphatic carbocycles. The predicted octanol–water partition coefficient (Wildman–Crippen LogP) is 2.31. The third kappa shape index (κ3) is 2.00. The van der Waals surface area contributed by atoms with Crippen LogP contribution in [0.4, 0.5) is 0 Å². The maximum absolute atomic E-state index is 9.67. The zero-order valence-electron chi connectivity index (χ0n) is 9.40. The number of hydrogen-bond acceptors (Lipinski definition) is 2. The molecule has 1 aromatic rings. The third-order valence-electron chi connectivity index (χ3n) is 3.49. The van der Waals surface area contributed by atoms with Crippen LogP contribution < -0.4 is 5.73 Å². The minimum Gasteiger partial charge on any atom is -0.508 e. The van der Waals surface area contributed by atoms with E-state index in [-0.39, 0.29) is 5.54 Å². The molecule has 0 saturated heterocycles. The lowest BCUT2D eigenvalue weighted by Crippen LogP contribution is -2.29. The molecule has 0 aromatic heterocycles. The van der Waals surface area contributed by atoms with Gasteiger partial charge in [0.05, 0.1) is 0 Å². The highest BCUT2D eigenvalue weighted by atomic mass is 16.3. The molecular formula is C13H19NO. The molecule has 0 spiro atoms. The summed E-state index contributed by atoms with van der Waals surface area (Å²) in [5.74, 6) is 1.62. The maximum atomic E-state index is 9.67. The van der Waals surface area contributed by atoms with E-state index < -0.39 is 0 Å². The Hall–Kier alpha value is -1.02. The zero-order valence-corrected chi connectivity index (χ0v) is 9.40. The highest BCUT2D eigenvalue weighted by Gasteiger charge is 2.52. The maximum Gasteiger partial charge on any atom is 0.118 e. The van der Waals surface area contributed by atoms with Crippen molar-refractivity contribution in [3.8, 4) is 5.75 Å². The first-order valence-electron chi connectivity index (χ1n) is 5.59. The number of aromatic hydroxyl groups is 1. The Bertz CT molecular complexity index is 361. The molecule has 1 aromatic carbocycles. The minimum absolute atomic E-state index is 0.0764. The van der Waals surface area contributed by atoms with Crippen LogP contribution in [0, 0.1) is 11.8 Å². The van der Waals surface area contributed by atoms with Gasteiger partial charge in [0.1, 0.15) is 5.75 Å². The average Bonchev–Trinajstić information content (AvgIpc) is 2.83. The Morgan fingerprint density at radius 3 is 2.67 bits per heavy atom. The molecule has 1 saturated carbocycles. The van der Waals surface area contributed by atoms with Crippen LogP contribution in [0.3, 0.4) is 0 Å². The fourth-order valence-electron chi connectivity index (χ4n) is 2.47. The summed E-state index contributed by atoms with van der Waals surface area (Å²) in [7, 11) is 0. The van der Waals surface area contributed by atoms with Crippen molar-refractivity contribution >= 4 is 0 Å².